The van der Waals surface area contributed by atoms with Crippen LogP contribution in [0.2, 0.25) is 0 Å². The molecule has 11 nitrogen and oxygen atoms in total. The van der Waals surface area contributed by atoms with Gasteiger partial charge >= 0.3 is 29.8 Å². The van der Waals surface area contributed by atoms with E-state index >= 15 is 0 Å². The van der Waals surface area contributed by atoms with Gasteiger partial charge in [0, 0.05) is 40.5 Å². The summed E-state index contributed by atoms with van der Waals surface area (Å²) in [5.41, 5.74) is -1.73. The fraction of sp³-hybridized carbons (Fsp3) is 0.586. The summed E-state index contributed by atoms with van der Waals surface area (Å²) in [5, 5.41) is -0.274. The number of allylic oxidation sites excluding steroid dienone is 4. The van der Waals surface area contributed by atoms with Gasteiger partial charge in [-0.25, -0.2) is 0 Å². The van der Waals surface area contributed by atoms with Crippen molar-refractivity contribution in [2.75, 3.05) is 7.11 Å². The van der Waals surface area contributed by atoms with Crippen LogP contribution in [0.25, 0.3) is 0 Å². The van der Waals surface area contributed by atoms with Gasteiger partial charge in [0.05, 0.1) is 12.1 Å². The van der Waals surface area contributed by atoms with Crippen LogP contribution in [0.1, 0.15) is 73.1 Å². The molecule has 0 aliphatic heterocycles. The van der Waals surface area contributed by atoms with E-state index in [2.05, 4.69) is 4.74 Å². The monoisotopic (exact) mass is 598 g/mol. The molecule has 0 aromatic carbocycles. The molecule has 1 unspecified atom stereocenters. The smallest absolute Gasteiger partial charge is 0.305 e. The fourth-order valence-corrected chi connectivity index (χ4v) is 4.88. The van der Waals surface area contributed by atoms with Crippen LogP contribution in [0.5, 0.6) is 0 Å². The molecule has 0 fully saturated rings. The minimum absolute atomic E-state index is 0.0311. The fourth-order valence-electron chi connectivity index (χ4n) is 4.58. The summed E-state index contributed by atoms with van der Waals surface area (Å²) < 4.78 is 26.9. The molecule has 0 saturated heterocycles. The molecule has 1 aliphatic rings. The van der Waals surface area contributed by atoms with Crippen LogP contribution in [0.15, 0.2) is 35.4 Å². The molecule has 12 heteroatoms. The number of carbonyl (C=O) groups excluding carboxylic acids is 6. The molecule has 0 spiro atoms. The van der Waals surface area contributed by atoms with E-state index in [0.29, 0.717) is 6.42 Å². The minimum atomic E-state index is -1.73. The Bertz CT molecular complexity index is 1060. The molecule has 41 heavy (non-hydrogen) atoms. The molecule has 0 aromatic heterocycles. The number of ketones is 1. The zero-order valence-corrected chi connectivity index (χ0v) is 25.1. The van der Waals surface area contributed by atoms with Crippen molar-refractivity contribution >= 4 is 47.2 Å². The van der Waals surface area contributed by atoms with E-state index in [4.69, 9.17) is 30.5 Å². The van der Waals surface area contributed by atoms with Crippen molar-refractivity contribution in [2.24, 2.45) is 5.92 Å². The highest BCUT2D eigenvalue weighted by molar-refractivity contribution is 6.44. The number of ether oxygens (including phenoxy) is 5. The van der Waals surface area contributed by atoms with Gasteiger partial charge in [-0.05, 0) is 31.8 Å². The average Bonchev–Trinajstić information content (AvgIpc) is 3.10. The van der Waals surface area contributed by atoms with E-state index in [1.54, 1.807) is 12.2 Å². The Morgan fingerprint density at radius 2 is 1.54 bits per heavy atom. The van der Waals surface area contributed by atoms with E-state index in [1.165, 1.54) is 13.2 Å². The van der Waals surface area contributed by atoms with E-state index < -0.39 is 65.5 Å². The van der Waals surface area contributed by atoms with Gasteiger partial charge in [-0.15, -0.1) is 0 Å². The maximum atomic E-state index is 13.5. The molecule has 0 aromatic rings. The topological polar surface area (TPSA) is 149 Å². The van der Waals surface area contributed by atoms with Crippen LogP contribution in [0.3, 0.4) is 0 Å². The lowest BCUT2D eigenvalue weighted by molar-refractivity contribution is -0.198. The largest absolute Gasteiger partial charge is 0.469 e. The summed E-state index contributed by atoms with van der Waals surface area (Å²) >= 11 is 6.30. The van der Waals surface area contributed by atoms with Crippen molar-refractivity contribution in [3.05, 3.63) is 35.4 Å². The minimum Gasteiger partial charge on any atom is -0.469 e. The number of esters is 5. The molecule has 0 bridgehead atoms. The van der Waals surface area contributed by atoms with Gasteiger partial charge in [-0.1, -0.05) is 42.8 Å². The second-order valence-corrected chi connectivity index (χ2v) is 9.85. The Balaban J connectivity index is 3.70. The van der Waals surface area contributed by atoms with Crippen molar-refractivity contribution < 1.29 is 52.5 Å². The van der Waals surface area contributed by atoms with Gasteiger partial charge in [-0.2, -0.15) is 0 Å². The Morgan fingerprint density at radius 3 is 2.07 bits per heavy atom. The number of methoxy groups -OCH3 is 1. The lowest BCUT2D eigenvalue weighted by Gasteiger charge is -2.40. The number of hydrogen-bond acceptors (Lipinski definition) is 11. The van der Waals surface area contributed by atoms with Crippen LogP contribution in [0.4, 0.5) is 0 Å². The van der Waals surface area contributed by atoms with Crippen LogP contribution in [-0.4, -0.2) is 66.7 Å². The highest BCUT2D eigenvalue weighted by atomic mass is 35.5. The molecular weight excluding hydrogens is 560 g/mol. The first-order chi connectivity index (χ1) is 19.3. The number of Topliss-reactive ketones (excluding diaryl/α,β-unsaturated/α-hetero) is 1. The Morgan fingerprint density at radius 1 is 0.927 bits per heavy atom. The second-order valence-electron chi connectivity index (χ2n) is 9.44. The normalized spacial score (nSPS) is 20.7. The average molecular weight is 599 g/mol. The summed E-state index contributed by atoms with van der Waals surface area (Å²) in [4.78, 5) is 74.2. The van der Waals surface area contributed by atoms with Crippen LogP contribution in [0, 0.1) is 5.92 Å². The van der Waals surface area contributed by atoms with E-state index in [-0.39, 0.29) is 30.7 Å². The highest BCUT2D eigenvalue weighted by Gasteiger charge is 2.58. The first kappa shape index (κ1) is 35.6. The van der Waals surface area contributed by atoms with Crippen molar-refractivity contribution in [3.8, 4) is 0 Å². The third-order valence-electron chi connectivity index (χ3n) is 6.06. The molecule has 1 aliphatic carbocycles. The molecule has 1 rings (SSSR count). The molecule has 0 heterocycles. The Labute approximate surface area is 245 Å². The predicted molar refractivity (Wildman–Crippen MR) is 147 cm³/mol. The lowest BCUT2D eigenvalue weighted by Crippen LogP contribution is -2.56. The molecule has 0 N–H and O–H groups in total. The summed E-state index contributed by atoms with van der Waals surface area (Å²) in [6.45, 7) is 6.43. The van der Waals surface area contributed by atoms with Gasteiger partial charge in [0.15, 0.2) is 18.0 Å². The van der Waals surface area contributed by atoms with Crippen LogP contribution < -0.4 is 0 Å². The Kier molecular flexibility index (Phi) is 15.1. The predicted octanol–water partition coefficient (Wildman–Crippen LogP) is 4.05. The first-order valence-corrected chi connectivity index (χ1v) is 13.7. The van der Waals surface area contributed by atoms with Gasteiger partial charge < -0.3 is 23.7 Å². The van der Waals surface area contributed by atoms with Crippen molar-refractivity contribution in [1.29, 1.82) is 0 Å². The number of carbonyl (C=O) groups is 6. The zero-order valence-electron chi connectivity index (χ0n) is 24.3. The van der Waals surface area contributed by atoms with Crippen molar-refractivity contribution in [2.45, 2.75) is 97.1 Å². The molecular formula is C29H39ClO11. The summed E-state index contributed by atoms with van der Waals surface area (Å²) in [6.07, 6.45) is 5.71. The van der Waals surface area contributed by atoms with Gasteiger partial charge in [0.1, 0.15) is 17.6 Å². The number of halogens is 1. The van der Waals surface area contributed by atoms with Crippen LogP contribution >= 0.6 is 11.6 Å². The summed E-state index contributed by atoms with van der Waals surface area (Å²) in [6, 6.07) is 0. The zero-order chi connectivity index (χ0) is 31.2. The SMILES string of the molecule is CC/C=C\C/C=C\C[C@@]1(OC(C)=O)C=C(Cl)C(=O)C1[C@@H](OC(C)=O)[C@H](OC(C)=O)[C@H](CCCC(=O)OC)OC(C)=O. The third kappa shape index (κ3) is 11.5. The summed E-state index contributed by atoms with van der Waals surface area (Å²) in [7, 11) is 1.22. The second kappa shape index (κ2) is 17.4. The van der Waals surface area contributed by atoms with Gasteiger partial charge in [0.2, 0.25) is 0 Å². The standard InChI is InChI=1S/C29H39ClO11/c1-7-8-9-10-11-12-16-29(41-21(5)34)17-22(30)26(36)25(29)28(40-20(4)33)27(39-19(3)32)23(38-18(2)31)14-13-15-24(35)37-6/h8-9,11-12,17,23,25,27-28H,7,10,13-16H2,1-6H3/b9-8-,12-11-/t23-,25?,27+,28+,29+/m0/s1. The van der Waals surface area contributed by atoms with Crippen molar-refractivity contribution in [3.63, 3.8) is 0 Å². The number of rotatable bonds is 16. The van der Waals surface area contributed by atoms with Crippen LogP contribution in [-0.2, 0) is 52.5 Å². The third-order valence-corrected chi connectivity index (χ3v) is 6.36. The summed E-state index contributed by atoms with van der Waals surface area (Å²) in [5.74, 6) is -5.91. The maximum absolute atomic E-state index is 13.5. The van der Waals surface area contributed by atoms with E-state index in [0.717, 1.165) is 34.1 Å². The molecule has 0 saturated carbocycles. The van der Waals surface area contributed by atoms with Gasteiger partial charge in [0.25, 0.3) is 0 Å². The number of hydrogen-bond donors (Lipinski definition) is 0. The van der Waals surface area contributed by atoms with E-state index in [9.17, 15) is 28.8 Å². The quantitative estimate of drug-likeness (QED) is 0.144. The van der Waals surface area contributed by atoms with E-state index in [1.807, 2.05) is 19.1 Å². The molecule has 0 radical (unpaired) electrons. The van der Waals surface area contributed by atoms with Gasteiger partial charge in [-0.3, -0.25) is 28.8 Å². The molecule has 228 valence electrons. The lowest BCUT2D eigenvalue weighted by atomic mass is 9.78. The molecule has 5 atom stereocenters. The Hall–Kier alpha value is -3.47. The van der Waals surface area contributed by atoms with Crippen molar-refractivity contribution in [1.82, 2.24) is 0 Å². The highest BCUT2D eigenvalue weighted by Crippen LogP contribution is 2.44. The maximum Gasteiger partial charge on any atom is 0.305 e. The first-order valence-electron chi connectivity index (χ1n) is 13.3. The molecule has 0 amide bonds.